The van der Waals surface area contributed by atoms with Crippen LogP contribution in [0.2, 0.25) is 0 Å². The van der Waals surface area contributed by atoms with Crippen molar-refractivity contribution in [2.45, 2.75) is 13.8 Å². The van der Waals surface area contributed by atoms with E-state index >= 15 is 0 Å². The van der Waals surface area contributed by atoms with Crippen molar-refractivity contribution in [2.24, 2.45) is 0 Å². The summed E-state index contributed by atoms with van der Waals surface area (Å²) in [5.74, 6) is 2.04. The summed E-state index contributed by atoms with van der Waals surface area (Å²) in [6, 6.07) is 17.3. The van der Waals surface area contributed by atoms with Crippen LogP contribution in [0.4, 0.5) is 5.82 Å². The van der Waals surface area contributed by atoms with Gasteiger partial charge in [-0.2, -0.15) is 5.10 Å². The molecule has 8 nitrogen and oxygen atoms in total. The molecule has 5 aromatic rings. The molecule has 0 spiro atoms. The van der Waals surface area contributed by atoms with Crippen LogP contribution in [0.15, 0.2) is 71.4 Å². The zero-order valence-electron chi connectivity index (χ0n) is 16.4. The van der Waals surface area contributed by atoms with E-state index in [0.717, 1.165) is 11.3 Å². The van der Waals surface area contributed by atoms with Gasteiger partial charge in [0.1, 0.15) is 11.5 Å². The summed E-state index contributed by atoms with van der Waals surface area (Å²) >= 11 is 0. The number of fused-ring (bicyclic) bond motifs is 1. The number of aromatic nitrogens is 5. The first kappa shape index (κ1) is 17.9. The van der Waals surface area contributed by atoms with Crippen LogP contribution in [0, 0.1) is 13.8 Å². The van der Waals surface area contributed by atoms with Gasteiger partial charge in [0.05, 0.1) is 17.5 Å². The molecule has 5 rings (SSSR count). The molecule has 0 radical (unpaired) electrons. The van der Waals surface area contributed by atoms with Crippen molar-refractivity contribution in [2.75, 3.05) is 5.32 Å². The fourth-order valence-electron chi connectivity index (χ4n) is 3.31. The zero-order valence-corrected chi connectivity index (χ0v) is 16.4. The fourth-order valence-corrected chi connectivity index (χ4v) is 3.31. The molecule has 0 saturated heterocycles. The van der Waals surface area contributed by atoms with E-state index in [1.165, 1.54) is 0 Å². The average Bonchev–Trinajstić information content (AvgIpc) is 3.46. The van der Waals surface area contributed by atoms with Crippen molar-refractivity contribution >= 4 is 17.4 Å². The Hall–Kier alpha value is -4.20. The van der Waals surface area contributed by atoms with Crippen LogP contribution >= 0.6 is 0 Å². The SMILES string of the molecule is Cc1cc(C(=O)Nc2cn3nc(-n4ccc(-c5ccccc5)n4)ccc3n2)c(C)o1. The van der Waals surface area contributed by atoms with Gasteiger partial charge in [-0.3, -0.25) is 4.79 Å². The Balaban J connectivity index is 1.41. The number of imidazole rings is 1. The molecule has 30 heavy (non-hydrogen) atoms. The smallest absolute Gasteiger partial charge is 0.260 e. The van der Waals surface area contributed by atoms with Gasteiger partial charge >= 0.3 is 0 Å². The van der Waals surface area contributed by atoms with Crippen molar-refractivity contribution in [3.8, 4) is 17.1 Å². The maximum Gasteiger partial charge on any atom is 0.260 e. The summed E-state index contributed by atoms with van der Waals surface area (Å²) in [5.41, 5.74) is 3.00. The molecule has 1 amide bonds. The first-order valence-electron chi connectivity index (χ1n) is 9.43. The van der Waals surface area contributed by atoms with Crippen LogP contribution < -0.4 is 5.32 Å². The van der Waals surface area contributed by atoms with Crippen LogP contribution in [-0.2, 0) is 0 Å². The second-order valence-corrected chi connectivity index (χ2v) is 6.91. The van der Waals surface area contributed by atoms with Gasteiger partial charge in [0.15, 0.2) is 17.3 Å². The van der Waals surface area contributed by atoms with Gasteiger partial charge in [-0.15, -0.1) is 5.10 Å². The largest absolute Gasteiger partial charge is 0.466 e. The third kappa shape index (κ3) is 3.24. The molecule has 0 unspecified atom stereocenters. The number of carbonyl (C=O) groups excluding carboxylic acids is 1. The molecule has 0 saturated carbocycles. The summed E-state index contributed by atoms with van der Waals surface area (Å²) < 4.78 is 8.74. The Kier molecular flexibility index (Phi) is 4.17. The lowest BCUT2D eigenvalue weighted by atomic mass is 10.2. The van der Waals surface area contributed by atoms with Gasteiger partial charge in [-0.1, -0.05) is 30.3 Å². The molecule has 0 atom stereocenters. The lowest BCUT2D eigenvalue weighted by molar-refractivity contribution is 0.102. The minimum atomic E-state index is -0.271. The Morgan fingerprint density at radius 1 is 1.03 bits per heavy atom. The van der Waals surface area contributed by atoms with Crippen molar-refractivity contribution in [1.82, 2.24) is 24.4 Å². The Morgan fingerprint density at radius 3 is 2.63 bits per heavy atom. The maximum atomic E-state index is 12.5. The van der Waals surface area contributed by atoms with E-state index in [2.05, 4.69) is 20.5 Å². The molecule has 0 fully saturated rings. The van der Waals surface area contributed by atoms with E-state index in [1.54, 1.807) is 35.3 Å². The summed E-state index contributed by atoms with van der Waals surface area (Å²) in [7, 11) is 0. The quantitative estimate of drug-likeness (QED) is 0.493. The number of hydrogen-bond acceptors (Lipinski definition) is 5. The molecule has 4 heterocycles. The van der Waals surface area contributed by atoms with Crippen LogP contribution in [0.3, 0.4) is 0 Å². The van der Waals surface area contributed by atoms with E-state index < -0.39 is 0 Å². The molecule has 1 N–H and O–H groups in total. The number of anilines is 1. The number of nitrogens with one attached hydrogen (secondary N) is 1. The van der Waals surface area contributed by atoms with Gasteiger partial charge < -0.3 is 9.73 Å². The highest BCUT2D eigenvalue weighted by molar-refractivity contribution is 6.04. The number of benzene rings is 1. The predicted octanol–water partition coefficient (Wildman–Crippen LogP) is 4.04. The minimum Gasteiger partial charge on any atom is -0.466 e. The highest BCUT2D eigenvalue weighted by atomic mass is 16.3. The van der Waals surface area contributed by atoms with E-state index in [-0.39, 0.29) is 5.91 Å². The number of hydrogen-bond donors (Lipinski definition) is 1. The van der Waals surface area contributed by atoms with E-state index in [4.69, 9.17) is 4.42 Å². The number of carbonyl (C=O) groups is 1. The Bertz CT molecular complexity index is 1360. The first-order valence-corrected chi connectivity index (χ1v) is 9.43. The van der Waals surface area contributed by atoms with Crippen molar-refractivity contribution in [1.29, 1.82) is 0 Å². The number of rotatable bonds is 4. The first-order chi connectivity index (χ1) is 14.6. The Morgan fingerprint density at radius 2 is 1.87 bits per heavy atom. The summed E-state index contributed by atoms with van der Waals surface area (Å²) in [5, 5.41) is 12.0. The Labute approximate surface area is 171 Å². The molecule has 8 heteroatoms. The van der Waals surface area contributed by atoms with Crippen molar-refractivity contribution in [3.05, 3.63) is 84.1 Å². The number of amides is 1. The second kappa shape index (κ2) is 7.00. The standard InChI is InChI=1S/C22H18N6O2/c1-14-12-17(15(2)30-14)22(29)24-19-13-28-20(23-19)8-9-21(26-28)27-11-10-18(25-27)16-6-4-3-5-7-16/h3-13H,1-2H3,(H,24,29). The number of nitrogens with zero attached hydrogens (tertiary/aromatic N) is 5. The topological polar surface area (TPSA) is 90.2 Å². The van der Waals surface area contributed by atoms with Crippen molar-refractivity contribution in [3.63, 3.8) is 0 Å². The van der Waals surface area contributed by atoms with E-state index in [1.807, 2.05) is 54.7 Å². The highest BCUT2D eigenvalue weighted by Crippen LogP contribution is 2.19. The normalized spacial score (nSPS) is 11.1. The fraction of sp³-hybridized carbons (Fsp3) is 0.0909. The van der Waals surface area contributed by atoms with Gasteiger partial charge in [-0.25, -0.2) is 14.2 Å². The summed E-state index contributed by atoms with van der Waals surface area (Å²) in [6.07, 6.45) is 3.53. The highest BCUT2D eigenvalue weighted by Gasteiger charge is 2.15. The van der Waals surface area contributed by atoms with Crippen LogP contribution in [0.1, 0.15) is 21.9 Å². The minimum absolute atomic E-state index is 0.271. The number of furan rings is 1. The third-order valence-electron chi connectivity index (χ3n) is 4.73. The summed E-state index contributed by atoms with van der Waals surface area (Å²) in [4.78, 5) is 16.9. The van der Waals surface area contributed by atoms with Gasteiger partial charge in [-0.05, 0) is 38.1 Å². The molecule has 148 valence electrons. The van der Waals surface area contributed by atoms with E-state index in [0.29, 0.717) is 34.4 Å². The number of aryl methyl sites for hydroxylation is 2. The van der Waals surface area contributed by atoms with Gasteiger partial charge in [0.25, 0.3) is 5.91 Å². The molecule has 0 bridgehead atoms. The molecular formula is C22H18N6O2. The molecule has 4 aromatic heterocycles. The molecule has 0 aliphatic carbocycles. The van der Waals surface area contributed by atoms with Crippen LogP contribution in [0.5, 0.6) is 0 Å². The molecule has 1 aromatic carbocycles. The summed E-state index contributed by atoms with van der Waals surface area (Å²) in [6.45, 7) is 3.56. The second-order valence-electron chi connectivity index (χ2n) is 6.91. The molecule has 0 aliphatic rings. The maximum absolute atomic E-state index is 12.5. The monoisotopic (exact) mass is 398 g/mol. The molecule has 0 aliphatic heterocycles. The predicted molar refractivity (Wildman–Crippen MR) is 112 cm³/mol. The lowest BCUT2D eigenvalue weighted by Crippen LogP contribution is -2.12. The molecular weight excluding hydrogens is 380 g/mol. The van der Waals surface area contributed by atoms with Crippen LogP contribution in [0.25, 0.3) is 22.7 Å². The van der Waals surface area contributed by atoms with Crippen LogP contribution in [-0.4, -0.2) is 30.3 Å². The van der Waals surface area contributed by atoms with Gasteiger partial charge in [0.2, 0.25) is 0 Å². The van der Waals surface area contributed by atoms with Crippen molar-refractivity contribution < 1.29 is 9.21 Å². The third-order valence-corrected chi connectivity index (χ3v) is 4.73. The van der Waals surface area contributed by atoms with E-state index in [9.17, 15) is 4.79 Å². The van der Waals surface area contributed by atoms with Gasteiger partial charge in [0, 0.05) is 11.8 Å². The zero-order chi connectivity index (χ0) is 20.7. The lowest BCUT2D eigenvalue weighted by Gasteiger charge is -2.01. The average molecular weight is 398 g/mol.